The molecular weight excluding hydrogens is 481 g/mol. The van der Waals surface area contributed by atoms with E-state index in [-0.39, 0.29) is 17.9 Å². The number of hydrogen-bond acceptors (Lipinski definition) is 4. The van der Waals surface area contributed by atoms with Gasteiger partial charge >= 0.3 is 0 Å². The molecule has 198 valence electrons. The molecule has 1 N–H and O–H groups in total. The molecule has 2 aromatic rings. The summed E-state index contributed by atoms with van der Waals surface area (Å²) in [6.07, 6.45) is 2.12. The summed E-state index contributed by atoms with van der Waals surface area (Å²) in [6, 6.07) is 11.9. The molecule has 2 rings (SSSR count). The van der Waals surface area contributed by atoms with Gasteiger partial charge in [-0.25, -0.2) is 12.8 Å². The van der Waals surface area contributed by atoms with E-state index < -0.39 is 34.3 Å². The number of anilines is 1. The fourth-order valence-corrected chi connectivity index (χ4v) is 4.66. The van der Waals surface area contributed by atoms with E-state index in [1.807, 2.05) is 19.1 Å². The lowest BCUT2D eigenvalue weighted by molar-refractivity contribution is -0.140. The fraction of sp³-hybridized carbons (Fsp3) is 0.481. The first-order valence-corrected chi connectivity index (χ1v) is 14.0. The highest BCUT2D eigenvalue weighted by Crippen LogP contribution is 2.26. The Morgan fingerprint density at radius 2 is 1.58 bits per heavy atom. The third kappa shape index (κ3) is 8.05. The molecule has 0 spiro atoms. The van der Waals surface area contributed by atoms with E-state index in [9.17, 15) is 22.4 Å². The average Bonchev–Trinajstić information content (AvgIpc) is 2.81. The van der Waals surface area contributed by atoms with Crippen LogP contribution in [0.3, 0.4) is 0 Å². The van der Waals surface area contributed by atoms with Crippen molar-refractivity contribution in [3.8, 4) is 0 Å². The molecule has 9 heteroatoms. The maximum atomic E-state index is 13.6. The topological polar surface area (TPSA) is 86.8 Å². The van der Waals surface area contributed by atoms with Crippen LogP contribution in [0.15, 0.2) is 48.5 Å². The van der Waals surface area contributed by atoms with Crippen LogP contribution >= 0.6 is 0 Å². The summed E-state index contributed by atoms with van der Waals surface area (Å²) < 4.78 is 39.9. The first kappa shape index (κ1) is 29.3. The van der Waals surface area contributed by atoms with Crippen molar-refractivity contribution >= 4 is 27.5 Å². The Bertz CT molecular complexity index is 1130. The maximum Gasteiger partial charge on any atom is 0.244 e. The van der Waals surface area contributed by atoms with E-state index in [4.69, 9.17) is 0 Å². The lowest BCUT2D eigenvalue weighted by atomic mass is 9.87. The minimum Gasteiger partial charge on any atom is -0.354 e. The summed E-state index contributed by atoms with van der Waals surface area (Å²) in [5.74, 6) is -1.25. The number of carbonyl (C=O) groups is 2. The quantitative estimate of drug-likeness (QED) is 0.482. The van der Waals surface area contributed by atoms with Gasteiger partial charge in [0.05, 0.1) is 11.9 Å². The van der Waals surface area contributed by atoms with Gasteiger partial charge < -0.3 is 10.2 Å². The van der Waals surface area contributed by atoms with Crippen molar-refractivity contribution in [3.63, 3.8) is 0 Å². The SMILES string of the molecule is CCCNC(=O)[C@@H](CC)N(Cc1ccc(F)cc1)C(=O)CN(c1ccc(C(C)(C)C)cc1)S(C)(=O)=O. The molecule has 0 saturated carbocycles. The normalized spacial score (nSPS) is 12.6. The van der Waals surface area contributed by atoms with Gasteiger partial charge in [-0.05, 0) is 53.6 Å². The van der Waals surface area contributed by atoms with Crippen molar-refractivity contribution in [1.82, 2.24) is 10.2 Å². The van der Waals surface area contributed by atoms with Crippen molar-refractivity contribution in [2.45, 2.75) is 65.5 Å². The minimum absolute atomic E-state index is 0.0394. The average molecular weight is 520 g/mol. The molecule has 0 aliphatic rings. The summed E-state index contributed by atoms with van der Waals surface area (Å²) >= 11 is 0. The van der Waals surface area contributed by atoms with Crippen molar-refractivity contribution in [2.24, 2.45) is 0 Å². The summed E-state index contributed by atoms with van der Waals surface area (Å²) in [7, 11) is -3.80. The molecule has 0 unspecified atom stereocenters. The zero-order chi connectivity index (χ0) is 27.1. The van der Waals surface area contributed by atoms with Crippen LogP contribution in [0.4, 0.5) is 10.1 Å². The second-order valence-corrected chi connectivity index (χ2v) is 11.8. The Balaban J connectivity index is 2.42. The summed E-state index contributed by atoms with van der Waals surface area (Å²) in [6.45, 7) is 9.93. The van der Waals surface area contributed by atoms with Gasteiger partial charge in [0.25, 0.3) is 0 Å². The van der Waals surface area contributed by atoms with Crippen LogP contribution in [0.2, 0.25) is 0 Å². The van der Waals surface area contributed by atoms with Crippen molar-refractivity contribution < 1.29 is 22.4 Å². The largest absolute Gasteiger partial charge is 0.354 e. The highest BCUT2D eigenvalue weighted by Gasteiger charge is 2.31. The smallest absolute Gasteiger partial charge is 0.244 e. The van der Waals surface area contributed by atoms with Gasteiger partial charge in [0.15, 0.2) is 0 Å². The van der Waals surface area contributed by atoms with Crippen molar-refractivity contribution in [1.29, 1.82) is 0 Å². The van der Waals surface area contributed by atoms with Gasteiger partial charge in [0.1, 0.15) is 18.4 Å². The van der Waals surface area contributed by atoms with Gasteiger partial charge in [0.2, 0.25) is 21.8 Å². The Kier molecular flexibility index (Phi) is 10.0. The number of hydrogen-bond donors (Lipinski definition) is 1. The van der Waals surface area contributed by atoms with Crippen molar-refractivity contribution in [3.05, 3.63) is 65.5 Å². The molecule has 36 heavy (non-hydrogen) atoms. The lowest BCUT2D eigenvalue weighted by Crippen LogP contribution is -2.52. The van der Waals surface area contributed by atoms with Gasteiger partial charge in [-0.2, -0.15) is 0 Å². The zero-order valence-corrected chi connectivity index (χ0v) is 22.9. The second kappa shape index (κ2) is 12.3. The predicted molar refractivity (Wildman–Crippen MR) is 142 cm³/mol. The molecule has 0 saturated heterocycles. The Labute approximate surface area is 214 Å². The Hall–Kier alpha value is -2.94. The van der Waals surface area contributed by atoms with Gasteiger partial charge in [-0.1, -0.05) is 58.9 Å². The lowest BCUT2D eigenvalue weighted by Gasteiger charge is -2.33. The molecule has 0 bridgehead atoms. The van der Waals surface area contributed by atoms with Gasteiger partial charge in [-0.3, -0.25) is 13.9 Å². The van der Waals surface area contributed by atoms with Crippen LogP contribution in [-0.2, 0) is 31.6 Å². The summed E-state index contributed by atoms with van der Waals surface area (Å²) in [4.78, 5) is 27.9. The third-order valence-electron chi connectivity index (χ3n) is 5.90. The number of halogens is 1. The van der Waals surface area contributed by atoms with Crippen LogP contribution in [0.5, 0.6) is 0 Å². The number of sulfonamides is 1. The van der Waals surface area contributed by atoms with Crippen LogP contribution in [-0.4, -0.2) is 50.5 Å². The van der Waals surface area contributed by atoms with Crippen molar-refractivity contribution in [2.75, 3.05) is 23.7 Å². The molecule has 0 fully saturated rings. The van der Waals surface area contributed by atoms with Crippen LogP contribution in [0.1, 0.15) is 58.6 Å². The van der Waals surface area contributed by atoms with E-state index in [0.717, 1.165) is 22.5 Å². The molecule has 0 aliphatic heterocycles. The molecule has 2 amide bonds. The van der Waals surface area contributed by atoms with E-state index in [1.54, 1.807) is 31.2 Å². The summed E-state index contributed by atoms with van der Waals surface area (Å²) in [5, 5.41) is 2.82. The van der Waals surface area contributed by atoms with Gasteiger partial charge in [0, 0.05) is 13.1 Å². The predicted octanol–water partition coefficient (Wildman–Crippen LogP) is 4.22. The molecule has 0 aromatic heterocycles. The highest BCUT2D eigenvalue weighted by atomic mass is 32.2. The first-order valence-electron chi connectivity index (χ1n) is 12.2. The Morgan fingerprint density at radius 3 is 2.06 bits per heavy atom. The van der Waals surface area contributed by atoms with E-state index in [1.165, 1.54) is 17.0 Å². The number of rotatable bonds is 11. The second-order valence-electron chi connectivity index (χ2n) is 9.93. The first-order chi connectivity index (χ1) is 16.8. The number of nitrogens with one attached hydrogen (secondary N) is 1. The third-order valence-corrected chi connectivity index (χ3v) is 7.04. The van der Waals surface area contributed by atoms with Crippen LogP contribution in [0, 0.1) is 5.82 Å². The standard InChI is InChI=1S/C27H38FN3O4S/c1-7-17-29-26(33)24(8-2)30(18-20-9-13-22(28)14-10-20)25(32)19-31(36(6,34)35)23-15-11-21(12-16-23)27(3,4)5/h9-16,24H,7-8,17-19H2,1-6H3,(H,29,33)/t24-/m1/s1. The molecule has 0 aliphatic carbocycles. The van der Waals surface area contributed by atoms with E-state index >= 15 is 0 Å². The minimum atomic E-state index is -3.80. The Morgan fingerprint density at radius 1 is 1.00 bits per heavy atom. The maximum absolute atomic E-state index is 13.6. The number of benzene rings is 2. The molecule has 1 atom stereocenters. The molecule has 7 nitrogen and oxygen atoms in total. The monoisotopic (exact) mass is 519 g/mol. The number of amides is 2. The number of carbonyl (C=O) groups excluding carboxylic acids is 2. The summed E-state index contributed by atoms with van der Waals surface area (Å²) in [5.41, 5.74) is 1.91. The highest BCUT2D eigenvalue weighted by molar-refractivity contribution is 7.92. The van der Waals surface area contributed by atoms with Crippen LogP contribution < -0.4 is 9.62 Å². The number of nitrogens with zero attached hydrogens (tertiary/aromatic N) is 2. The molecule has 0 radical (unpaired) electrons. The molecule has 0 heterocycles. The van der Waals surface area contributed by atoms with E-state index in [2.05, 4.69) is 26.1 Å². The van der Waals surface area contributed by atoms with E-state index in [0.29, 0.717) is 24.2 Å². The fourth-order valence-electron chi connectivity index (χ4n) is 3.81. The molecule has 2 aromatic carbocycles. The molecular formula is C27H38FN3O4S. The zero-order valence-electron chi connectivity index (χ0n) is 22.0. The van der Waals surface area contributed by atoms with Gasteiger partial charge in [-0.15, -0.1) is 0 Å². The van der Waals surface area contributed by atoms with Crippen LogP contribution in [0.25, 0.3) is 0 Å².